The Kier molecular flexibility index (Phi) is 4.34. The zero-order valence-electron chi connectivity index (χ0n) is 14.1. The van der Waals surface area contributed by atoms with Gasteiger partial charge in [-0.05, 0) is 24.6 Å². The van der Waals surface area contributed by atoms with Gasteiger partial charge in [-0.15, -0.1) is 11.3 Å². The summed E-state index contributed by atoms with van der Waals surface area (Å²) < 4.78 is 13.8. The first kappa shape index (κ1) is 16.6. The van der Waals surface area contributed by atoms with Gasteiger partial charge < -0.3 is 9.80 Å². The topological polar surface area (TPSA) is 62.2 Å². The van der Waals surface area contributed by atoms with E-state index in [-0.39, 0.29) is 11.7 Å². The minimum Gasteiger partial charge on any atom is -0.373 e. The van der Waals surface area contributed by atoms with Gasteiger partial charge in [0.1, 0.15) is 22.2 Å². The smallest absolute Gasteiger partial charge is 0.277 e. The second-order valence-electron chi connectivity index (χ2n) is 5.99. The fourth-order valence-electron chi connectivity index (χ4n) is 2.99. The van der Waals surface area contributed by atoms with Crippen molar-refractivity contribution in [2.45, 2.75) is 6.42 Å². The van der Waals surface area contributed by atoms with Gasteiger partial charge in [0.15, 0.2) is 0 Å². The number of fused-ring (bicyclic) bond motifs is 1. The molecule has 1 amide bonds. The van der Waals surface area contributed by atoms with Crippen LogP contribution in [-0.2, 0) is 0 Å². The summed E-state index contributed by atoms with van der Waals surface area (Å²) in [7, 11) is 1.94. The van der Waals surface area contributed by atoms with Gasteiger partial charge in [-0.3, -0.25) is 14.8 Å². The predicted octanol–water partition coefficient (Wildman–Crippen LogP) is 3.23. The molecule has 0 N–H and O–H groups in total. The molecule has 0 saturated carbocycles. The second kappa shape index (κ2) is 6.80. The van der Waals surface area contributed by atoms with Crippen molar-refractivity contribution in [2.24, 2.45) is 0 Å². The van der Waals surface area contributed by atoms with Crippen LogP contribution in [0.1, 0.15) is 16.9 Å². The zero-order valence-corrected chi connectivity index (χ0v) is 14.9. The highest BCUT2D eigenvalue weighted by Crippen LogP contribution is 2.33. The Morgan fingerprint density at radius 3 is 2.92 bits per heavy atom. The van der Waals surface area contributed by atoms with Crippen molar-refractivity contribution in [1.29, 1.82) is 0 Å². The van der Waals surface area contributed by atoms with Crippen molar-refractivity contribution in [3.63, 3.8) is 0 Å². The maximum Gasteiger partial charge on any atom is 0.277 e. The Morgan fingerprint density at radius 1 is 1.23 bits per heavy atom. The third-order valence-electron chi connectivity index (χ3n) is 4.27. The van der Waals surface area contributed by atoms with Crippen LogP contribution < -0.4 is 9.80 Å². The van der Waals surface area contributed by atoms with Crippen LogP contribution in [0.4, 0.5) is 15.8 Å². The van der Waals surface area contributed by atoms with Gasteiger partial charge in [-0.1, -0.05) is 0 Å². The molecule has 0 radical (unpaired) electrons. The molecule has 4 rings (SSSR count). The average molecular weight is 369 g/mol. The number of nitrogens with zero attached hydrogens (tertiary/aromatic N) is 5. The van der Waals surface area contributed by atoms with Crippen LogP contribution >= 0.6 is 11.3 Å². The minimum absolute atomic E-state index is 0.237. The highest BCUT2D eigenvalue weighted by atomic mass is 32.1. The van der Waals surface area contributed by atoms with Gasteiger partial charge in [0.05, 0.1) is 17.6 Å². The number of aromatic nitrogens is 3. The lowest BCUT2D eigenvalue weighted by Gasteiger charge is -2.23. The van der Waals surface area contributed by atoms with E-state index in [0.717, 1.165) is 18.7 Å². The van der Waals surface area contributed by atoms with Crippen molar-refractivity contribution in [3.05, 3.63) is 53.7 Å². The summed E-state index contributed by atoms with van der Waals surface area (Å²) in [6.45, 7) is 1.31. The maximum absolute atomic E-state index is 13.8. The quantitative estimate of drug-likeness (QED) is 0.694. The predicted molar refractivity (Wildman–Crippen MR) is 99.1 cm³/mol. The maximum atomic E-state index is 13.8. The average Bonchev–Trinajstić information content (AvgIpc) is 3.09. The number of anilines is 2. The summed E-state index contributed by atoms with van der Waals surface area (Å²) in [6, 6.07) is 4.53. The molecule has 0 fully saturated rings. The van der Waals surface area contributed by atoms with Gasteiger partial charge in [-0.2, -0.15) is 0 Å². The molecule has 0 atom stereocenters. The Bertz CT molecular complexity index is 946. The second-order valence-corrected chi connectivity index (χ2v) is 6.85. The molecule has 2 aromatic heterocycles. The van der Waals surface area contributed by atoms with Crippen LogP contribution in [0.5, 0.6) is 0 Å². The highest BCUT2D eigenvalue weighted by Gasteiger charge is 2.26. The molecule has 132 valence electrons. The lowest BCUT2D eigenvalue weighted by molar-refractivity contribution is 0.0983. The van der Waals surface area contributed by atoms with Crippen LogP contribution in [0.25, 0.3) is 10.7 Å². The number of carbonyl (C=O) groups excluding carboxylic acids is 1. The van der Waals surface area contributed by atoms with Crippen molar-refractivity contribution < 1.29 is 9.18 Å². The molecule has 0 saturated heterocycles. The van der Waals surface area contributed by atoms with Gasteiger partial charge in [0, 0.05) is 37.9 Å². The number of amides is 1. The first-order valence-electron chi connectivity index (χ1n) is 8.18. The summed E-state index contributed by atoms with van der Waals surface area (Å²) in [4.78, 5) is 29.4. The summed E-state index contributed by atoms with van der Waals surface area (Å²) >= 11 is 1.34. The molecule has 0 unspecified atom stereocenters. The van der Waals surface area contributed by atoms with Crippen molar-refractivity contribution in [2.75, 3.05) is 29.9 Å². The number of thiazole rings is 1. The van der Waals surface area contributed by atoms with E-state index in [4.69, 9.17) is 0 Å². The van der Waals surface area contributed by atoms with Gasteiger partial charge in [-0.25, -0.2) is 9.37 Å². The third kappa shape index (κ3) is 3.03. The standard InChI is InChI=1S/C18H16FN5OS/c1-23-7-2-8-24(16-9-12(19)3-4-15(16)23)18(25)14-11-26-17(22-14)13-10-20-5-6-21-13/h3-6,9-11H,2,7-8H2,1H3. The number of hydrogen-bond donors (Lipinski definition) is 0. The molecule has 3 heterocycles. The van der Waals surface area contributed by atoms with E-state index >= 15 is 0 Å². The summed E-state index contributed by atoms with van der Waals surface area (Å²) in [5.41, 5.74) is 2.36. The van der Waals surface area contributed by atoms with Crippen molar-refractivity contribution in [1.82, 2.24) is 15.0 Å². The van der Waals surface area contributed by atoms with Gasteiger partial charge >= 0.3 is 0 Å². The van der Waals surface area contributed by atoms with Crippen LogP contribution in [-0.4, -0.2) is 41.0 Å². The van der Waals surface area contributed by atoms with Crippen LogP contribution in [0.3, 0.4) is 0 Å². The molecule has 1 aliphatic heterocycles. The molecule has 0 spiro atoms. The Balaban J connectivity index is 1.69. The monoisotopic (exact) mass is 369 g/mol. The van der Waals surface area contributed by atoms with Crippen LogP contribution in [0.2, 0.25) is 0 Å². The summed E-state index contributed by atoms with van der Waals surface area (Å²) in [5, 5.41) is 2.34. The van der Waals surface area contributed by atoms with E-state index in [9.17, 15) is 9.18 Å². The summed E-state index contributed by atoms with van der Waals surface area (Å²) in [5.74, 6) is -0.603. The van der Waals surface area contributed by atoms with E-state index in [2.05, 4.69) is 15.0 Å². The molecular formula is C18H16FN5OS. The Labute approximate surface area is 154 Å². The van der Waals surface area contributed by atoms with E-state index < -0.39 is 0 Å². The Hall–Kier alpha value is -2.87. The number of hydrogen-bond acceptors (Lipinski definition) is 6. The van der Waals surface area contributed by atoms with Crippen molar-refractivity contribution >= 4 is 28.6 Å². The highest BCUT2D eigenvalue weighted by molar-refractivity contribution is 7.13. The lowest BCUT2D eigenvalue weighted by atomic mass is 10.2. The normalized spacial score (nSPS) is 14.1. The van der Waals surface area contributed by atoms with E-state index in [1.54, 1.807) is 34.9 Å². The first-order chi connectivity index (χ1) is 12.6. The molecule has 6 nitrogen and oxygen atoms in total. The summed E-state index contributed by atoms with van der Waals surface area (Å²) in [6.07, 6.45) is 5.57. The minimum atomic E-state index is -0.365. The lowest BCUT2D eigenvalue weighted by Crippen LogP contribution is -2.31. The van der Waals surface area contributed by atoms with Crippen LogP contribution in [0, 0.1) is 5.82 Å². The van der Waals surface area contributed by atoms with E-state index in [1.165, 1.54) is 23.5 Å². The Morgan fingerprint density at radius 2 is 2.12 bits per heavy atom. The number of carbonyl (C=O) groups is 1. The number of benzene rings is 1. The van der Waals surface area contributed by atoms with Crippen LogP contribution in [0.15, 0.2) is 42.2 Å². The molecule has 1 aromatic carbocycles. The molecule has 3 aromatic rings. The van der Waals surface area contributed by atoms with Gasteiger partial charge in [0.2, 0.25) is 0 Å². The van der Waals surface area contributed by atoms with E-state index in [1.807, 2.05) is 11.9 Å². The largest absolute Gasteiger partial charge is 0.373 e. The zero-order chi connectivity index (χ0) is 18.1. The molecule has 26 heavy (non-hydrogen) atoms. The fourth-order valence-corrected chi connectivity index (χ4v) is 3.74. The molecule has 0 aliphatic carbocycles. The number of rotatable bonds is 2. The van der Waals surface area contributed by atoms with E-state index in [0.29, 0.717) is 28.6 Å². The molecule has 8 heteroatoms. The van der Waals surface area contributed by atoms with Crippen molar-refractivity contribution in [3.8, 4) is 10.7 Å². The number of halogens is 1. The third-order valence-corrected chi connectivity index (χ3v) is 5.13. The molecule has 1 aliphatic rings. The SMILES string of the molecule is CN1CCCN(C(=O)c2csc(-c3cnccn3)n2)c2cc(F)ccc21. The molecular weight excluding hydrogens is 353 g/mol. The fraction of sp³-hybridized carbons (Fsp3) is 0.222. The van der Waals surface area contributed by atoms with Gasteiger partial charge in [0.25, 0.3) is 5.91 Å². The molecule has 0 bridgehead atoms. The first-order valence-corrected chi connectivity index (χ1v) is 9.06.